The molecule has 4 heteroatoms. The molecule has 1 aromatic carbocycles. The molecule has 1 aromatic heterocycles. The van der Waals surface area contributed by atoms with Crippen LogP contribution in [-0.4, -0.2) is 16.8 Å². The number of carbonyl (C=O) groups excluding carboxylic acids is 2. The maximum atomic E-state index is 12.8. The molecular formula is C21H20N2O2. The number of pyridine rings is 1. The van der Waals surface area contributed by atoms with Crippen molar-refractivity contribution in [2.45, 2.75) is 19.8 Å². The summed E-state index contributed by atoms with van der Waals surface area (Å²) in [4.78, 5) is 30.9. The first-order valence-corrected chi connectivity index (χ1v) is 8.67. The second kappa shape index (κ2) is 6.28. The smallest absolute Gasteiger partial charge is 0.238 e. The Hall–Kier alpha value is -2.75. The molecule has 2 aliphatic rings. The summed E-state index contributed by atoms with van der Waals surface area (Å²) < 4.78 is 0. The summed E-state index contributed by atoms with van der Waals surface area (Å²) in [5.74, 6) is -0.425. The number of anilines is 1. The van der Waals surface area contributed by atoms with Crippen LogP contribution >= 0.6 is 0 Å². The van der Waals surface area contributed by atoms with Crippen LogP contribution in [0.3, 0.4) is 0 Å². The Kier molecular flexibility index (Phi) is 3.96. The number of allylic oxidation sites excluding steroid dienone is 2. The Morgan fingerprint density at radius 1 is 1.00 bits per heavy atom. The summed E-state index contributed by atoms with van der Waals surface area (Å²) in [6.45, 7) is 2.01. The summed E-state index contributed by atoms with van der Waals surface area (Å²) >= 11 is 0. The predicted molar refractivity (Wildman–Crippen MR) is 95.9 cm³/mol. The lowest BCUT2D eigenvalue weighted by Gasteiger charge is -2.22. The molecule has 3 atom stereocenters. The van der Waals surface area contributed by atoms with Crippen molar-refractivity contribution in [1.82, 2.24) is 4.98 Å². The molecule has 1 aliphatic carbocycles. The highest BCUT2D eigenvalue weighted by molar-refractivity contribution is 6.22. The molecule has 0 spiro atoms. The Morgan fingerprint density at radius 2 is 1.68 bits per heavy atom. The van der Waals surface area contributed by atoms with Crippen LogP contribution in [0.5, 0.6) is 0 Å². The van der Waals surface area contributed by atoms with Gasteiger partial charge in [0.25, 0.3) is 0 Å². The second-order valence-corrected chi connectivity index (χ2v) is 6.87. The fraction of sp³-hybridized carbons (Fsp3) is 0.286. The van der Waals surface area contributed by atoms with Crippen molar-refractivity contribution in [2.75, 3.05) is 4.90 Å². The Morgan fingerprint density at radius 3 is 2.36 bits per heavy atom. The molecule has 0 N–H and O–H groups in total. The number of imide groups is 1. The molecule has 25 heavy (non-hydrogen) atoms. The first-order valence-electron chi connectivity index (χ1n) is 8.67. The van der Waals surface area contributed by atoms with Crippen LogP contribution in [0.1, 0.15) is 24.5 Å². The van der Waals surface area contributed by atoms with E-state index in [-0.39, 0.29) is 29.6 Å². The van der Waals surface area contributed by atoms with Crippen LogP contribution in [0.15, 0.2) is 60.9 Å². The minimum Gasteiger partial charge on any atom is -0.274 e. The van der Waals surface area contributed by atoms with Gasteiger partial charge in [0.2, 0.25) is 11.8 Å². The number of aromatic nitrogens is 1. The third kappa shape index (κ3) is 2.78. The van der Waals surface area contributed by atoms with Gasteiger partial charge in [0.15, 0.2) is 0 Å². The molecule has 1 saturated heterocycles. The molecule has 0 unspecified atom stereocenters. The summed E-state index contributed by atoms with van der Waals surface area (Å²) in [5.41, 5.74) is 3.00. The van der Waals surface area contributed by atoms with E-state index in [0.717, 1.165) is 12.0 Å². The van der Waals surface area contributed by atoms with E-state index in [1.165, 1.54) is 10.5 Å². The first-order chi connectivity index (χ1) is 12.1. The monoisotopic (exact) mass is 332 g/mol. The van der Waals surface area contributed by atoms with Gasteiger partial charge in [-0.2, -0.15) is 0 Å². The quantitative estimate of drug-likeness (QED) is 0.639. The first kappa shape index (κ1) is 15.8. The van der Waals surface area contributed by atoms with Crippen LogP contribution in [0.4, 0.5) is 5.69 Å². The average molecular weight is 332 g/mol. The fourth-order valence-corrected chi connectivity index (χ4v) is 3.90. The molecule has 2 aromatic rings. The lowest BCUT2D eigenvalue weighted by molar-refractivity contribution is -0.122. The van der Waals surface area contributed by atoms with Crippen molar-refractivity contribution in [3.8, 4) is 0 Å². The van der Waals surface area contributed by atoms with Crippen molar-refractivity contribution >= 4 is 17.5 Å². The number of hydrogen-bond acceptors (Lipinski definition) is 3. The number of carbonyl (C=O) groups is 2. The van der Waals surface area contributed by atoms with Crippen LogP contribution in [0.25, 0.3) is 0 Å². The minimum absolute atomic E-state index is 0.0614. The Labute approximate surface area is 147 Å². The van der Waals surface area contributed by atoms with Gasteiger partial charge in [0.05, 0.1) is 17.5 Å². The number of benzene rings is 1. The standard InChI is InChI=1S/C21H20N2O2/c1-14-3-2-4-18-19(14)21(25)23(20(18)24)17-7-5-15(6-8-17)13-16-9-11-22-12-10-16/h2-3,5-12,14,18-19H,4,13H2,1H3/t14-,18-,19-/m1/s1. The van der Waals surface area contributed by atoms with E-state index in [2.05, 4.69) is 4.98 Å². The van der Waals surface area contributed by atoms with Gasteiger partial charge in [-0.05, 0) is 54.2 Å². The van der Waals surface area contributed by atoms with Crippen molar-refractivity contribution in [3.05, 3.63) is 72.1 Å². The van der Waals surface area contributed by atoms with Crippen molar-refractivity contribution in [3.63, 3.8) is 0 Å². The fourth-order valence-electron chi connectivity index (χ4n) is 3.90. The zero-order valence-corrected chi connectivity index (χ0v) is 14.1. The Balaban J connectivity index is 1.56. The lowest BCUT2D eigenvalue weighted by Crippen LogP contribution is -2.31. The summed E-state index contributed by atoms with van der Waals surface area (Å²) in [5, 5.41) is 0. The molecule has 1 aliphatic heterocycles. The van der Waals surface area contributed by atoms with Gasteiger partial charge >= 0.3 is 0 Å². The van der Waals surface area contributed by atoms with Gasteiger partial charge in [-0.15, -0.1) is 0 Å². The normalized spacial score (nSPS) is 25.3. The number of hydrogen-bond donors (Lipinski definition) is 0. The van der Waals surface area contributed by atoms with Gasteiger partial charge in [0, 0.05) is 12.4 Å². The zero-order valence-electron chi connectivity index (χ0n) is 14.1. The van der Waals surface area contributed by atoms with Crippen LogP contribution in [0, 0.1) is 17.8 Å². The van der Waals surface area contributed by atoms with Gasteiger partial charge in [-0.1, -0.05) is 31.2 Å². The molecule has 4 nitrogen and oxygen atoms in total. The van der Waals surface area contributed by atoms with Crippen molar-refractivity contribution in [1.29, 1.82) is 0 Å². The molecule has 2 amide bonds. The molecule has 4 rings (SSSR count). The lowest BCUT2D eigenvalue weighted by atomic mass is 9.78. The number of nitrogens with zero attached hydrogens (tertiary/aromatic N) is 2. The van der Waals surface area contributed by atoms with Crippen molar-refractivity contribution in [2.24, 2.45) is 17.8 Å². The molecule has 2 heterocycles. The maximum Gasteiger partial charge on any atom is 0.238 e. The molecule has 0 bridgehead atoms. The van der Waals surface area contributed by atoms with Crippen LogP contribution < -0.4 is 4.90 Å². The summed E-state index contributed by atoms with van der Waals surface area (Å²) in [6, 6.07) is 11.7. The van der Waals surface area contributed by atoms with E-state index >= 15 is 0 Å². The highest BCUT2D eigenvalue weighted by Crippen LogP contribution is 2.40. The third-order valence-corrected chi connectivity index (χ3v) is 5.22. The van der Waals surface area contributed by atoms with E-state index in [1.807, 2.05) is 55.5 Å². The molecule has 126 valence electrons. The third-order valence-electron chi connectivity index (χ3n) is 5.22. The summed E-state index contributed by atoms with van der Waals surface area (Å²) in [7, 11) is 0. The Bertz CT molecular complexity index is 827. The molecule has 0 radical (unpaired) electrons. The highest BCUT2D eigenvalue weighted by Gasteiger charge is 2.50. The highest BCUT2D eigenvalue weighted by atomic mass is 16.2. The zero-order chi connectivity index (χ0) is 17.4. The SMILES string of the molecule is C[C@@H]1C=CC[C@H]2C(=O)N(c3ccc(Cc4ccncc4)cc3)C(=O)[C@H]12. The van der Waals surface area contributed by atoms with E-state index in [0.29, 0.717) is 12.1 Å². The van der Waals surface area contributed by atoms with Gasteiger partial charge < -0.3 is 0 Å². The number of amides is 2. The van der Waals surface area contributed by atoms with E-state index < -0.39 is 0 Å². The van der Waals surface area contributed by atoms with Crippen LogP contribution in [0.2, 0.25) is 0 Å². The second-order valence-electron chi connectivity index (χ2n) is 6.87. The predicted octanol–water partition coefficient (Wildman–Crippen LogP) is 3.37. The number of rotatable bonds is 3. The van der Waals surface area contributed by atoms with Crippen LogP contribution in [-0.2, 0) is 16.0 Å². The van der Waals surface area contributed by atoms with Crippen molar-refractivity contribution < 1.29 is 9.59 Å². The maximum absolute atomic E-state index is 12.8. The molecule has 0 saturated carbocycles. The van der Waals surface area contributed by atoms with Gasteiger partial charge in [-0.3, -0.25) is 19.5 Å². The molecule has 1 fully saturated rings. The minimum atomic E-state index is -0.214. The largest absolute Gasteiger partial charge is 0.274 e. The van der Waals surface area contributed by atoms with E-state index in [9.17, 15) is 9.59 Å². The van der Waals surface area contributed by atoms with Gasteiger partial charge in [0.1, 0.15) is 0 Å². The topological polar surface area (TPSA) is 50.3 Å². The molecular weight excluding hydrogens is 312 g/mol. The number of fused-ring (bicyclic) bond motifs is 1. The summed E-state index contributed by atoms with van der Waals surface area (Å²) in [6.07, 6.45) is 9.10. The van der Waals surface area contributed by atoms with E-state index in [1.54, 1.807) is 12.4 Å². The van der Waals surface area contributed by atoms with Gasteiger partial charge in [-0.25, -0.2) is 0 Å². The van der Waals surface area contributed by atoms with E-state index in [4.69, 9.17) is 0 Å². The average Bonchev–Trinajstić information content (AvgIpc) is 2.89.